The van der Waals surface area contributed by atoms with Gasteiger partial charge in [-0.05, 0) is 6.42 Å². The molecule has 5 nitrogen and oxygen atoms in total. The smallest absolute Gasteiger partial charge is 0.169 e. The fraction of sp³-hybridized carbons (Fsp3) is 0.533. The topological polar surface area (TPSA) is 54.0 Å². The summed E-state index contributed by atoms with van der Waals surface area (Å²) in [5, 5.41) is 0. The van der Waals surface area contributed by atoms with Crippen LogP contribution in [-0.4, -0.2) is 38.8 Å². The monoisotopic (exact) mass is 280 g/mol. The Kier molecular flexibility index (Phi) is 4.84. The van der Waals surface area contributed by atoms with Crippen molar-refractivity contribution in [1.29, 1.82) is 0 Å². The molecule has 1 aromatic carbocycles. The number of Topliss-reactive ketones (excluding diaryl/α,β-unsaturated/α-hetero) is 1. The molecule has 0 aromatic heterocycles. The van der Waals surface area contributed by atoms with E-state index in [2.05, 4.69) is 0 Å². The second-order valence-electron chi connectivity index (χ2n) is 4.67. The predicted molar refractivity (Wildman–Crippen MR) is 73.6 cm³/mol. The van der Waals surface area contributed by atoms with Gasteiger partial charge in [0.15, 0.2) is 11.9 Å². The Morgan fingerprint density at radius 2 is 1.70 bits per heavy atom. The van der Waals surface area contributed by atoms with E-state index >= 15 is 0 Å². The average molecular weight is 280 g/mol. The maximum atomic E-state index is 11.5. The molecule has 2 atom stereocenters. The number of benzene rings is 1. The van der Waals surface area contributed by atoms with Crippen molar-refractivity contribution in [3.8, 4) is 17.2 Å². The van der Waals surface area contributed by atoms with Crippen LogP contribution in [0, 0.1) is 0 Å². The number of hydrogen-bond donors (Lipinski definition) is 0. The summed E-state index contributed by atoms with van der Waals surface area (Å²) in [7, 11) is 3.16. The highest BCUT2D eigenvalue weighted by Crippen LogP contribution is 2.31. The lowest BCUT2D eigenvalue weighted by Gasteiger charge is -2.34. The maximum Gasteiger partial charge on any atom is 0.169 e. The summed E-state index contributed by atoms with van der Waals surface area (Å²) in [4.78, 5) is 11.5. The SMILES string of the molecule is CCCOC1C(=O)CC1Oc1cc(OC)cc(OC)c1. The van der Waals surface area contributed by atoms with Gasteiger partial charge in [0, 0.05) is 31.2 Å². The largest absolute Gasteiger partial charge is 0.496 e. The van der Waals surface area contributed by atoms with Crippen LogP contribution in [0.3, 0.4) is 0 Å². The fourth-order valence-electron chi connectivity index (χ4n) is 2.04. The number of methoxy groups -OCH3 is 2. The van der Waals surface area contributed by atoms with Crippen LogP contribution in [-0.2, 0) is 9.53 Å². The zero-order valence-electron chi connectivity index (χ0n) is 12.0. The number of ketones is 1. The summed E-state index contributed by atoms with van der Waals surface area (Å²) in [6, 6.07) is 5.30. The Labute approximate surface area is 118 Å². The minimum absolute atomic E-state index is 0.0957. The zero-order valence-corrected chi connectivity index (χ0v) is 12.0. The molecule has 0 amide bonds. The van der Waals surface area contributed by atoms with Gasteiger partial charge >= 0.3 is 0 Å². The van der Waals surface area contributed by atoms with Crippen molar-refractivity contribution in [3.05, 3.63) is 18.2 Å². The van der Waals surface area contributed by atoms with E-state index in [1.165, 1.54) is 0 Å². The van der Waals surface area contributed by atoms with E-state index < -0.39 is 6.10 Å². The molecule has 110 valence electrons. The number of ether oxygens (including phenoxy) is 4. The van der Waals surface area contributed by atoms with Gasteiger partial charge in [-0.3, -0.25) is 4.79 Å². The molecule has 0 spiro atoms. The van der Waals surface area contributed by atoms with Gasteiger partial charge in [0.2, 0.25) is 0 Å². The summed E-state index contributed by atoms with van der Waals surface area (Å²) >= 11 is 0. The summed E-state index contributed by atoms with van der Waals surface area (Å²) < 4.78 is 21.7. The minimum Gasteiger partial charge on any atom is -0.496 e. The summed E-state index contributed by atoms with van der Waals surface area (Å²) in [6.07, 6.45) is 0.579. The summed E-state index contributed by atoms with van der Waals surface area (Å²) in [6.45, 7) is 2.57. The van der Waals surface area contributed by atoms with E-state index in [0.717, 1.165) is 6.42 Å². The molecule has 0 radical (unpaired) electrons. The molecule has 1 saturated carbocycles. The molecular weight excluding hydrogens is 260 g/mol. The van der Waals surface area contributed by atoms with Crippen LogP contribution in [0.1, 0.15) is 19.8 Å². The summed E-state index contributed by atoms with van der Waals surface area (Å²) in [5.74, 6) is 2.01. The van der Waals surface area contributed by atoms with Crippen LogP contribution in [0.25, 0.3) is 0 Å². The Balaban J connectivity index is 2.04. The second kappa shape index (κ2) is 6.61. The molecule has 2 unspecified atom stereocenters. The highest BCUT2D eigenvalue weighted by molar-refractivity contribution is 5.90. The molecule has 2 rings (SSSR count). The molecule has 1 aromatic rings. The van der Waals surface area contributed by atoms with Gasteiger partial charge in [0.1, 0.15) is 23.4 Å². The first-order valence-electron chi connectivity index (χ1n) is 6.72. The van der Waals surface area contributed by atoms with Crippen LogP contribution < -0.4 is 14.2 Å². The Hall–Kier alpha value is -1.75. The van der Waals surface area contributed by atoms with E-state index in [1.54, 1.807) is 32.4 Å². The first-order chi connectivity index (χ1) is 9.67. The van der Waals surface area contributed by atoms with Crippen molar-refractivity contribution in [2.24, 2.45) is 0 Å². The van der Waals surface area contributed by atoms with Crippen LogP contribution in [0.4, 0.5) is 0 Å². The molecule has 1 aliphatic rings. The van der Waals surface area contributed by atoms with Crippen molar-refractivity contribution in [1.82, 2.24) is 0 Å². The number of carbonyl (C=O) groups is 1. The third kappa shape index (κ3) is 3.22. The number of rotatable bonds is 7. The molecule has 1 fully saturated rings. The predicted octanol–water partition coefficient (Wildman–Crippen LogP) is 2.22. The zero-order chi connectivity index (χ0) is 14.5. The lowest BCUT2D eigenvalue weighted by Crippen LogP contribution is -2.52. The number of hydrogen-bond acceptors (Lipinski definition) is 5. The molecule has 1 aliphatic carbocycles. The highest BCUT2D eigenvalue weighted by Gasteiger charge is 2.42. The third-order valence-corrected chi connectivity index (χ3v) is 3.17. The van der Waals surface area contributed by atoms with E-state index in [4.69, 9.17) is 18.9 Å². The standard InChI is InChI=1S/C15H20O5/c1-4-5-19-15-13(16)9-14(15)20-12-7-10(17-2)6-11(8-12)18-3/h6-8,14-15H,4-5,9H2,1-3H3. The van der Waals surface area contributed by atoms with Gasteiger partial charge < -0.3 is 18.9 Å². The minimum atomic E-state index is -0.452. The third-order valence-electron chi connectivity index (χ3n) is 3.17. The lowest BCUT2D eigenvalue weighted by molar-refractivity contribution is -0.154. The van der Waals surface area contributed by atoms with Crippen molar-refractivity contribution >= 4 is 5.78 Å². The highest BCUT2D eigenvalue weighted by atomic mass is 16.6. The first kappa shape index (κ1) is 14.7. The van der Waals surface area contributed by atoms with Gasteiger partial charge in [-0.1, -0.05) is 6.92 Å². The summed E-state index contributed by atoms with van der Waals surface area (Å²) in [5.41, 5.74) is 0. The molecule has 20 heavy (non-hydrogen) atoms. The van der Waals surface area contributed by atoms with Crippen LogP contribution in [0.15, 0.2) is 18.2 Å². The van der Waals surface area contributed by atoms with Gasteiger partial charge in [-0.15, -0.1) is 0 Å². The van der Waals surface area contributed by atoms with Crippen molar-refractivity contribution in [2.75, 3.05) is 20.8 Å². The van der Waals surface area contributed by atoms with E-state index in [1.807, 2.05) is 6.92 Å². The van der Waals surface area contributed by atoms with Crippen LogP contribution in [0.2, 0.25) is 0 Å². The van der Waals surface area contributed by atoms with Crippen molar-refractivity contribution in [3.63, 3.8) is 0 Å². The molecule has 0 N–H and O–H groups in total. The van der Waals surface area contributed by atoms with Crippen molar-refractivity contribution in [2.45, 2.75) is 32.0 Å². The van der Waals surface area contributed by atoms with E-state index in [0.29, 0.717) is 30.3 Å². The lowest BCUT2D eigenvalue weighted by atomic mass is 9.90. The van der Waals surface area contributed by atoms with Gasteiger partial charge in [0.25, 0.3) is 0 Å². The van der Waals surface area contributed by atoms with E-state index in [9.17, 15) is 4.79 Å². The molecule has 0 heterocycles. The second-order valence-corrected chi connectivity index (χ2v) is 4.67. The Morgan fingerprint density at radius 1 is 1.10 bits per heavy atom. The maximum absolute atomic E-state index is 11.5. The molecule has 0 saturated heterocycles. The van der Waals surface area contributed by atoms with Gasteiger partial charge in [-0.2, -0.15) is 0 Å². The fourth-order valence-corrected chi connectivity index (χ4v) is 2.04. The quantitative estimate of drug-likeness (QED) is 0.766. The Bertz CT molecular complexity index is 449. The molecule has 5 heteroatoms. The molecule has 0 bridgehead atoms. The normalized spacial score (nSPS) is 21.2. The Morgan fingerprint density at radius 3 is 2.20 bits per heavy atom. The van der Waals surface area contributed by atoms with Crippen LogP contribution in [0.5, 0.6) is 17.2 Å². The molecular formula is C15H20O5. The van der Waals surface area contributed by atoms with Gasteiger partial charge in [-0.25, -0.2) is 0 Å². The van der Waals surface area contributed by atoms with Crippen LogP contribution >= 0.6 is 0 Å². The molecule has 0 aliphatic heterocycles. The average Bonchev–Trinajstić information content (AvgIpc) is 2.46. The number of carbonyl (C=O) groups excluding carboxylic acids is 1. The van der Waals surface area contributed by atoms with Gasteiger partial charge in [0.05, 0.1) is 14.2 Å². The first-order valence-corrected chi connectivity index (χ1v) is 6.72. The van der Waals surface area contributed by atoms with Crippen molar-refractivity contribution < 1.29 is 23.7 Å². The van der Waals surface area contributed by atoms with E-state index in [-0.39, 0.29) is 11.9 Å².